The predicted molar refractivity (Wildman–Crippen MR) is 142 cm³/mol. The summed E-state index contributed by atoms with van der Waals surface area (Å²) in [5.41, 5.74) is 5.26. The van der Waals surface area contributed by atoms with Crippen molar-refractivity contribution in [3.05, 3.63) is 111 Å². The fourth-order valence-corrected chi connectivity index (χ4v) is 5.77. The molecule has 0 aliphatic rings. The van der Waals surface area contributed by atoms with E-state index in [-0.39, 0.29) is 16.6 Å². The molecule has 0 aliphatic carbocycles. The minimum atomic E-state index is -4.02. The number of amides is 1. The highest BCUT2D eigenvalue weighted by Gasteiger charge is 2.20. The van der Waals surface area contributed by atoms with Crippen molar-refractivity contribution in [1.29, 1.82) is 0 Å². The van der Waals surface area contributed by atoms with Crippen molar-refractivity contribution in [2.45, 2.75) is 11.8 Å². The van der Waals surface area contributed by atoms with Crippen molar-refractivity contribution < 1.29 is 17.4 Å². The van der Waals surface area contributed by atoms with Crippen LogP contribution in [-0.2, 0) is 10.1 Å². The lowest BCUT2D eigenvalue weighted by molar-refractivity contribution is 0.0955. The van der Waals surface area contributed by atoms with Crippen LogP contribution < -0.4 is 9.61 Å². The molecule has 0 bridgehead atoms. The number of hydrogen-bond acceptors (Lipinski definition) is 5. The SMILES string of the molecule is Cc1ccc(S(=O)(=O)Oc2c(Br)cc(/C=N\NC(=O)c3ccccc3-n3cccc3)cc2Br)cc1. The molecule has 0 unspecified atom stereocenters. The molecule has 0 spiro atoms. The molecule has 0 aliphatic heterocycles. The first-order valence-electron chi connectivity index (χ1n) is 10.3. The van der Waals surface area contributed by atoms with Gasteiger partial charge in [-0.05, 0) is 92.9 Å². The lowest BCUT2D eigenvalue weighted by atomic mass is 10.1. The third-order valence-corrected chi connectivity index (χ3v) is 7.35. The quantitative estimate of drug-likeness (QED) is 0.160. The van der Waals surface area contributed by atoms with Gasteiger partial charge in [0.15, 0.2) is 5.75 Å². The Bertz CT molecular complexity index is 1480. The maximum absolute atomic E-state index is 12.7. The molecule has 0 saturated carbocycles. The van der Waals surface area contributed by atoms with E-state index in [9.17, 15) is 13.2 Å². The molecule has 0 saturated heterocycles. The number of carbonyl (C=O) groups is 1. The van der Waals surface area contributed by atoms with Crippen LogP contribution in [0.4, 0.5) is 0 Å². The Kier molecular flexibility index (Phi) is 7.54. The van der Waals surface area contributed by atoms with Crippen LogP contribution in [0.5, 0.6) is 5.75 Å². The van der Waals surface area contributed by atoms with Crippen molar-refractivity contribution in [1.82, 2.24) is 9.99 Å². The minimum absolute atomic E-state index is 0.0513. The summed E-state index contributed by atoms with van der Waals surface area (Å²) in [6, 6.07) is 20.6. The molecular weight excluding hydrogens is 598 g/mol. The zero-order valence-electron chi connectivity index (χ0n) is 18.4. The summed E-state index contributed by atoms with van der Waals surface area (Å²) >= 11 is 6.71. The maximum atomic E-state index is 12.7. The van der Waals surface area contributed by atoms with Crippen LogP contribution >= 0.6 is 31.9 Å². The molecule has 178 valence electrons. The highest BCUT2D eigenvalue weighted by atomic mass is 79.9. The number of carbonyl (C=O) groups excluding carboxylic acids is 1. The summed E-state index contributed by atoms with van der Waals surface area (Å²) in [6.45, 7) is 1.87. The van der Waals surface area contributed by atoms with Crippen LogP contribution in [0.25, 0.3) is 5.69 Å². The first-order valence-corrected chi connectivity index (χ1v) is 13.3. The van der Waals surface area contributed by atoms with Gasteiger partial charge >= 0.3 is 10.1 Å². The predicted octanol–water partition coefficient (Wildman–Crippen LogP) is 5.84. The molecular formula is C25H19Br2N3O4S. The summed E-state index contributed by atoms with van der Waals surface area (Å²) in [6.07, 6.45) is 5.16. The Morgan fingerprint density at radius 2 is 1.60 bits per heavy atom. The summed E-state index contributed by atoms with van der Waals surface area (Å²) in [4.78, 5) is 12.8. The number of aryl methyl sites for hydroxylation is 1. The van der Waals surface area contributed by atoms with Gasteiger partial charge in [0.2, 0.25) is 0 Å². The number of nitrogens with zero attached hydrogens (tertiary/aromatic N) is 2. The third-order valence-electron chi connectivity index (χ3n) is 4.93. The molecule has 3 aromatic carbocycles. The number of nitrogens with one attached hydrogen (secondary N) is 1. The first kappa shape index (κ1) is 24.9. The summed E-state index contributed by atoms with van der Waals surface area (Å²) < 4.78 is 33.3. The zero-order chi connectivity index (χ0) is 25.0. The molecule has 0 fully saturated rings. The van der Waals surface area contributed by atoms with E-state index in [2.05, 4.69) is 42.4 Å². The van der Waals surface area contributed by atoms with Crippen LogP contribution in [0.2, 0.25) is 0 Å². The van der Waals surface area contributed by atoms with Crippen molar-refractivity contribution in [2.75, 3.05) is 0 Å². The van der Waals surface area contributed by atoms with Crippen molar-refractivity contribution in [3.8, 4) is 11.4 Å². The Morgan fingerprint density at radius 1 is 0.971 bits per heavy atom. The molecule has 0 radical (unpaired) electrons. The second kappa shape index (κ2) is 10.6. The van der Waals surface area contributed by atoms with Gasteiger partial charge in [-0.15, -0.1) is 0 Å². The average molecular weight is 617 g/mol. The van der Waals surface area contributed by atoms with Crippen LogP contribution in [-0.4, -0.2) is 25.1 Å². The topological polar surface area (TPSA) is 89.8 Å². The zero-order valence-corrected chi connectivity index (χ0v) is 22.3. The van der Waals surface area contributed by atoms with Gasteiger partial charge in [0.25, 0.3) is 5.91 Å². The van der Waals surface area contributed by atoms with E-state index in [1.54, 1.807) is 36.4 Å². The Balaban J connectivity index is 1.49. The summed E-state index contributed by atoms with van der Waals surface area (Å²) in [7, 11) is -4.02. The Labute approximate surface area is 219 Å². The number of halogens is 2. The van der Waals surface area contributed by atoms with E-state index in [4.69, 9.17) is 4.18 Å². The van der Waals surface area contributed by atoms with Gasteiger partial charge in [0, 0.05) is 12.4 Å². The van der Waals surface area contributed by atoms with E-state index in [0.717, 1.165) is 11.3 Å². The number of para-hydroxylation sites is 1. The molecule has 4 rings (SSSR count). The van der Waals surface area contributed by atoms with Gasteiger partial charge in [-0.1, -0.05) is 29.8 Å². The molecule has 4 aromatic rings. The van der Waals surface area contributed by atoms with E-state index < -0.39 is 10.1 Å². The number of rotatable bonds is 7. The van der Waals surface area contributed by atoms with Crippen molar-refractivity contribution >= 4 is 54.1 Å². The lowest BCUT2D eigenvalue weighted by Crippen LogP contribution is -2.19. The van der Waals surface area contributed by atoms with Crippen molar-refractivity contribution in [3.63, 3.8) is 0 Å². The van der Waals surface area contributed by atoms with Gasteiger partial charge in [-0.2, -0.15) is 13.5 Å². The molecule has 0 atom stereocenters. The second-order valence-electron chi connectivity index (χ2n) is 7.47. The monoisotopic (exact) mass is 615 g/mol. The second-order valence-corrected chi connectivity index (χ2v) is 10.7. The lowest BCUT2D eigenvalue weighted by Gasteiger charge is -2.11. The van der Waals surface area contributed by atoms with Gasteiger partial charge in [0.1, 0.15) is 4.90 Å². The van der Waals surface area contributed by atoms with Crippen LogP contribution in [0.3, 0.4) is 0 Å². The van der Waals surface area contributed by atoms with Gasteiger partial charge in [-0.25, -0.2) is 5.43 Å². The van der Waals surface area contributed by atoms with Gasteiger partial charge < -0.3 is 8.75 Å². The smallest absolute Gasteiger partial charge is 0.339 e. The van der Waals surface area contributed by atoms with Crippen LogP contribution in [0, 0.1) is 6.92 Å². The average Bonchev–Trinajstić information content (AvgIpc) is 3.37. The number of benzene rings is 3. The minimum Gasteiger partial charge on any atom is -0.377 e. The molecule has 7 nitrogen and oxygen atoms in total. The standard InChI is InChI=1S/C25H19Br2N3O4S/c1-17-8-10-19(11-9-17)35(32,33)34-24-21(26)14-18(15-22(24)27)16-28-29-25(31)20-6-2-3-7-23(20)30-12-4-5-13-30/h2-16H,1H3,(H,29,31)/b28-16-. The van der Waals surface area contributed by atoms with Gasteiger partial charge in [0.05, 0.1) is 26.4 Å². The number of hydrogen-bond donors (Lipinski definition) is 1. The fraction of sp³-hybridized carbons (Fsp3) is 0.0400. The van der Waals surface area contributed by atoms with Crippen molar-refractivity contribution in [2.24, 2.45) is 5.10 Å². The molecule has 1 amide bonds. The van der Waals surface area contributed by atoms with E-state index >= 15 is 0 Å². The normalized spacial score (nSPS) is 11.5. The van der Waals surface area contributed by atoms with E-state index in [1.807, 2.05) is 48.1 Å². The summed E-state index contributed by atoms with van der Waals surface area (Å²) in [5.74, 6) is -0.264. The van der Waals surface area contributed by atoms with Gasteiger partial charge in [-0.3, -0.25) is 4.79 Å². The molecule has 1 N–H and O–H groups in total. The number of aromatic nitrogens is 1. The highest BCUT2D eigenvalue weighted by molar-refractivity contribution is 9.11. The Morgan fingerprint density at radius 3 is 2.26 bits per heavy atom. The summed E-state index contributed by atoms with van der Waals surface area (Å²) in [5, 5.41) is 4.05. The van der Waals surface area contributed by atoms with Crippen LogP contribution in [0.1, 0.15) is 21.5 Å². The highest BCUT2D eigenvalue weighted by Crippen LogP contribution is 2.36. The maximum Gasteiger partial charge on any atom is 0.339 e. The van der Waals surface area contributed by atoms with E-state index in [0.29, 0.717) is 20.1 Å². The third kappa shape index (κ3) is 5.90. The molecule has 10 heteroatoms. The number of hydrazone groups is 1. The Hall–Kier alpha value is -3.21. The van der Waals surface area contributed by atoms with E-state index in [1.165, 1.54) is 18.3 Å². The molecule has 1 heterocycles. The molecule has 35 heavy (non-hydrogen) atoms. The first-order chi connectivity index (χ1) is 16.7. The fourth-order valence-electron chi connectivity index (χ4n) is 3.21. The van der Waals surface area contributed by atoms with Crippen LogP contribution in [0.15, 0.2) is 104 Å². The molecule has 1 aromatic heterocycles. The largest absolute Gasteiger partial charge is 0.377 e.